The molecule has 0 atom stereocenters. The molecule has 2 N–H and O–H groups in total. The molecular formula is C14H16N2O2S. The molecule has 0 fully saturated rings. The van der Waals surface area contributed by atoms with E-state index in [1.54, 1.807) is 0 Å². The van der Waals surface area contributed by atoms with Crippen molar-refractivity contribution in [1.29, 1.82) is 0 Å². The van der Waals surface area contributed by atoms with Crippen molar-refractivity contribution in [3.05, 3.63) is 29.5 Å². The topological polar surface area (TPSA) is 62.0 Å². The minimum Gasteiger partial charge on any atom is -0.388 e. The van der Waals surface area contributed by atoms with Gasteiger partial charge in [-0.1, -0.05) is 18.7 Å². The number of benzene rings is 1. The third kappa shape index (κ3) is 2.66. The van der Waals surface area contributed by atoms with E-state index in [0.717, 1.165) is 41.1 Å². The first kappa shape index (κ1) is 13.7. The van der Waals surface area contributed by atoms with Crippen LogP contribution in [-0.2, 0) is 11.2 Å². The minimum absolute atomic E-state index is 0.0850. The molecule has 0 saturated heterocycles. The summed E-state index contributed by atoms with van der Waals surface area (Å²) in [6.07, 6.45) is 3.64. The van der Waals surface area contributed by atoms with Gasteiger partial charge >= 0.3 is 0 Å². The van der Waals surface area contributed by atoms with E-state index in [2.05, 4.69) is 17.2 Å². The van der Waals surface area contributed by atoms with E-state index in [4.69, 9.17) is 0 Å². The standard InChI is InChI=1S/C14H16N2O2S/c1-3-9-8-16-12-7-10(14(18)19-5-4-17)6-11(15-2)13(9)12/h4,6-8,15-16H,3,5H2,1-2H3. The number of hydrogen-bond acceptors (Lipinski definition) is 4. The van der Waals surface area contributed by atoms with Crippen LogP contribution in [0.1, 0.15) is 22.8 Å². The van der Waals surface area contributed by atoms with E-state index in [1.807, 2.05) is 25.4 Å². The first-order chi connectivity index (χ1) is 9.21. The molecule has 0 aliphatic rings. The largest absolute Gasteiger partial charge is 0.388 e. The molecule has 1 aromatic heterocycles. The van der Waals surface area contributed by atoms with Gasteiger partial charge in [0, 0.05) is 35.4 Å². The molecule has 0 unspecified atom stereocenters. The van der Waals surface area contributed by atoms with Crippen LogP contribution in [-0.4, -0.2) is 29.2 Å². The van der Waals surface area contributed by atoms with Gasteiger partial charge in [-0.3, -0.25) is 4.79 Å². The van der Waals surface area contributed by atoms with Crippen LogP contribution in [0.3, 0.4) is 0 Å². The number of fused-ring (bicyclic) bond motifs is 1. The number of anilines is 1. The van der Waals surface area contributed by atoms with E-state index >= 15 is 0 Å². The van der Waals surface area contributed by atoms with Gasteiger partial charge in [-0.25, -0.2) is 0 Å². The maximum Gasteiger partial charge on any atom is 0.219 e. The number of rotatable bonds is 5. The molecule has 100 valence electrons. The van der Waals surface area contributed by atoms with Crippen LogP contribution in [0.15, 0.2) is 18.3 Å². The molecule has 0 spiro atoms. The molecule has 4 nitrogen and oxygen atoms in total. The highest BCUT2D eigenvalue weighted by Crippen LogP contribution is 2.30. The summed E-state index contributed by atoms with van der Waals surface area (Å²) in [5.41, 5.74) is 3.71. The summed E-state index contributed by atoms with van der Waals surface area (Å²) in [7, 11) is 1.84. The van der Waals surface area contributed by atoms with Crippen molar-refractivity contribution in [3.63, 3.8) is 0 Å². The highest BCUT2D eigenvalue weighted by atomic mass is 32.2. The number of aromatic amines is 1. The number of aldehydes is 1. The molecule has 1 aromatic carbocycles. The van der Waals surface area contributed by atoms with E-state index in [0.29, 0.717) is 5.56 Å². The third-order valence-electron chi connectivity index (χ3n) is 3.03. The molecule has 0 bridgehead atoms. The van der Waals surface area contributed by atoms with Gasteiger partial charge in [0.1, 0.15) is 6.29 Å². The monoisotopic (exact) mass is 276 g/mol. The number of H-pyrrole nitrogens is 1. The fourth-order valence-electron chi connectivity index (χ4n) is 2.13. The summed E-state index contributed by atoms with van der Waals surface area (Å²) >= 11 is 1.02. The predicted octanol–water partition coefficient (Wildman–Crippen LogP) is 2.84. The van der Waals surface area contributed by atoms with E-state index in [1.165, 1.54) is 5.56 Å². The van der Waals surface area contributed by atoms with E-state index in [-0.39, 0.29) is 10.9 Å². The van der Waals surface area contributed by atoms with Crippen molar-refractivity contribution in [2.45, 2.75) is 13.3 Å². The Morgan fingerprint density at radius 2 is 2.26 bits per heavy atom. The molecule has 5 heteroatoms. The van der Waals surface area contributed by atoms with Gasteiger partial charge in [0.25, 0.3) is 0 Å². The second-order valence-corrected chi connectivity index (χ2v) is 5.12. The Morgan fingerprint density at radius 1 is 1.47 bits per heavy atom. The fourth-order valence-corrected chi connectivity index (χ4v) is 2.63. The van der Waals surface area contributed by atoms with Gasteiger partial charge in [-0.15, -0.1) is 0 Å². The summed E-state index contributed by atoms with van der Waals surface area (Å²) in [6, 6.07) is 3.69. The van der Waals surface area contributed by atoms with Gasteiger partial charge < -0.3 is 15.1 Å². The van der Waals surface area contributed by atoms with Crippen molar-refractivity contribution in [3.8, 4) is 0 Å². The quantitative estimate of drug-likeness (QED) is 0.824. The van der Waals surface area contributed by atoms with Crippen LogP contribution in [0.4, 0.5) is 5.69 Å². The molecule has 0 radical (unpaired) electrons. The first-order valence-electron chi connectivity index (χ1n) is 6.13. The van der Waals surface area contributed by atoms with Crippen LogP contribution in [0.2, 0.25) is 0 Å². The van der Waals surface area contributed by atoms with Gasteiger partial charge in [-0.05, 0) is 24.1 Å². The van der Waals surface area contributed by atoms with Crippen molar-refractivity contribution in [2.24, 2.45) is 0 Å². The average molecular weight is 276 g/mol. The lowest BCUT2D eigenvalue weighted by Crippen LogP contribution is -1.99. The maximum absolute atomic E-state index is 12.0. The predicted molar refractivity (Wildman–Crippen MR) is 80.1 cm³/mol. The summed E-state index contributed by atoms with van der Waals surface area (Å²) < 4.78 is 0. The van der Waals surface area contributed by atoms with Crippen molar-refractivity contribution in [1.82, 2.24) is 4.98 Å². The van der Waals surface area contributed by atoms with Crippen molar-refractivity contribution in [2.75, 3.05) is 18.1 Å². The molecule has 0 saturated carbocycles. The van der Waals surface area contributed by atoms with Gasteiger partial charge in [-0.2, -0.15) is 0 Å². The van der Waals surface area contributed by atoms with Crippen LogP contribution < -0.4 is 5.32 Å². The van der Waals surface area contributed by atoms with E-state index < -0.39 is 0 Å². The number of carbonyl (C=O) groups excluding carboxylic acids is 2. The van der Waals surface area contributed by atoms with Crippen LogP contribution >= 0.6 is 11.8 Å². The Kier molecular flexibility index (Phi) is 4.27. The van der Waals surface area contributed by atoms with Crippen LogP contribution in [0.5, 0.6) is 0 Å². The normalized spacial score (nSPS) is 10.6. The molecule has 19 heavy (non-hydrogen) atoms. The minimum atomic E-state index is -0.0850. The lowest BCUT2D eigenvalue weighted by atomic mass is 10.1. The summed E-state index contributed by atoms with van der Waals surface area (Å²) in [4.78, 5) is 25.5. The molecular weight excluding hydrogens is 260 g/mol. The summed E-state index contributed by atoms with van der Waals surface area (Å²) in [5.74, 6) is 0.191. The van der Waals surface area contributed by atoms with Crippen molar-refractivity contribution < 1.29 is 9.59 Å². The molecule has 2 aromatic rings. The number of thioether (sulfide) groups is 1. The zero-order valence-corrected chi connectivity index (χ0v) is 11.8. The summed E-state index contributed by atoms with van der Waals surface area (Å²) in [5, 5.41) is 4.17. The Labute approximate surface area is 116 Å². The number of hydrogen-bond donors (Lipinski definition) is 2. The maximum atomic E-state index is 12.0. The molecule has 1 heterocycles. The fraction of sp³-hybridized carbons (Fsp3) is 0.286. The number of nitrogens with one attached hydrogen (secondary N) is 2. The van der Waals surface area contributed by atoms with E-state index in [9.17, 15) is 9.59 Å². The average Bonchev–Trinajstić information content (AvgIpc) is 2.86. The Morgan fingerprint density at radius 3 is 2.89 bits per heavy atom. The Bertz CT molecular complexity index is 619. The van der Waals surface area contributed by atoms with Crippen LogP contribution in [0, 0.1) is 0 Å². The van der Waals surface area contributed by atoms with Crippen molar-refractivity contribution >= 4 is 39.8 Å². The highest BCUT2D eigenvalue weighted by Gasteiger charge is 2.13. The SMILES string of the molecule is CCc1c[nH]c2cc(C(=O)SCC=O)cc(NC)c12. The molecule has 2 rings (SSSR count). The molecule has 0 aliphatic carbocycles. The molecule has 0 amide bonds. The first-order valence-corrected chi connectivity index (χ1v) is 7.12. The second-order valence-electron chi connectivity index (χ2n) is 4.13. The smallest absolute Gasteiger partial charge is 0.219 e. The zero-order valence-electron chi connectivity index (χ0n) is 10.9. The molecule has 0 aliphatic heterocycles. The summed E-state index contributed by atoms with van der Waals surface area (Å²) in [6.45, 7) is 2.10. The highest BCUT2D eigenvalue weighted by molar-refractivity contribution is 8.14. The lowest BCUT2D eigenvalue weighted by Gasteiger charge is -2.07. The van der Waals surface area contributed by atoms with Gasteiger partial charge in [0.2, 0.25) is 5.12 Å². The number of aromatic nitrogens is 1. The Hall–Kier alpha value is -1.75. The number of aryl methyl sites for hydroxylation is 1. The Balaban J connectivity index is 2.48. The van der Waals surface area contributed by atoms with Gasteiger partial charge in [0.05, 0.1) is 5.75 Å². The lowest BCUT2D eigenvalue weighted by molar-refractivity contribution is -0.105. The third-order valence-corrected chi connectivity index (χ3v) is 3.83. The number of carbonyl (C=O) groups is 2. The van der Waals surface area contributed by atoms with Crippen LogP contribution in [0.25, 0.3) is 10.9 Å². The van der Waals surface area contributed by atoms with Gasteiger partial charge in [0.15, 0.2) is 0 Å². The zero-order chi connectivity index (χ0) is 13.8. The second kappa shape index (κ2) is 5.93.